The van der Waals surface area contributed by atoms with Gasteiger partial charge in [-0.05, 0) is 44.2 Å². The summed E-state index contributed by atoms with van der Waals surface area (Å²) in [4.78, 5) is 13.6. The summed E-state index contributed by atoms with van der Waals surface area (Å²) in [7, 11) is -3.70. The number of hydrogen-bond donors (Lipinski definition) is 1. The number of rotatable bonds is 6. The highest BCUT2D eigenvalue weighted by atomic mass is 32.2. The number of sulfonamides is 1. The van der Waals surface area contributed by atoms with Gasteiger partial charge < -0.3 is 10.1 Å². The zero-order valence-corrected chi connectivity index (χ0v) is 18.0. The van der Waals surface area contributed by atoms with Gasteiger partial charge in [0.15, 0.2) is 0 Å². The molecule has 9 nitrogen and oxygen atoms in total. The average Bonchev–Trinajstić information content (AvgIpc) is 3.30. The summed E-state index contributed by atoms with van der Waals surface area (Å²) in [5.74, 6) is 0. The molecule has 3 aliphatic heterocycles. The minimum atomic E-state index is -3.70. The van der Waals surface area contributed by atoms with E-state index in [1.165, 1.54) is 16.4 Å². The quantitative estimate of drug-likeness (QED) is 0.537. The number of nitrogens with one attached hydrogen (secondary N) is 1. The first-order valence-corrected chi connectivity index (χ1v) is 12.3. The molecule has 1 aromatic rings. The Bertz CT molecular complexity index is 858. The summed E-state index contributed by atoms with van der Waals surface area (Å²) >= 11 is 0. The van der Waals surface area contributed by atoms with Crippen LogP contribution < -0.4 is 5.32 Å². The molecule has 1 aromatic carbocycles. The highest BCUT2D eigenvalue weighted by Crippen LogP contribution is 2.31. The standard InChI is InChI=1S/C20H30N4O5S/c25-24(26)20-14-18(30(27,28)23-9-2-1-3-10-23)4-5-19(20)21-16-6-11-22(12-7-16)17-8-13-29-15-17/h4-5,14,16-17,21H,1-3,6-13,15H2/t17-/m1/s1. The minimum Gasteiger partial charge on any atom is -0.380 e. The lowest BCUT2D eigenvalue weighted by Gasteiger charge is -2.35. The second-order valence-electron chi connectivity index (χ2n) is 8.37. The fraction of sp³-hybridized carbons (Fsp3) is 0.700. The van der Waals surface area contributed by atoms with E-state index in [1.807, 2.05) is 0 Å². The van der Waals surface area contributed by atoms with Crippen LogP contribution in [0, 0.1) is 10.1 Å². The molecule has 0 bridgehead atoms. The number of nitrogens with zero attached hydrogens (tertiary/aromatic N) is 3. The van der Waals surface area contributed by atoms with Crippen LogP contribution in [0.4, 0.5) is 11.4 Å². The molecule has 3 heterocycles. The average molecular weight is 439 g/mol. The Hall–Kier alpha value is -1.75. The van der Waals surface area contributed by atoms with Crippen molar-refractivity contribution in [3.05, 3.63) is 28.3 Å². The van der Waals surface area contributed by atoms with Crippen molar-refractivity contribution < 1.29 is 18.1 Å². The van der Waals surface area contributed by atoms with E-state index in [4.69, 9.17) is 4.74 Å². The maximum absolute atomic E-state index is 12.9. The van der Waals surface area contributed by atoms with Gasteiger partial charge in [-0.25, -0.2) is 8.42 Å². The maximum Gasteiger partial charge on any atom is 0.293 e. The van der Waals surface area contributed by atoms with E-state index >= 15 is 0 Å². The van der Waals surface area contributed by atoms with Crippen LogP contribution in [0.5, 0.6) is 0 Å². The van der Waals surface area contributed by atoms with Crippen LogP contribution in [0.2, 0.25) is 0 Å². The molecule has 30 heavy (non-hydrogen) atoms. The summed E-state index contributed by atoms with van der Waals surface area (Å²) < 4.78 is 32.7. The Balaban J connectivity index is 1.45. The van der Waals surface area contributed by atoms with Gasteiger partial charge in [-0.1, -0.05) is 6.42 Å². The number of benzene rings is 1. The molecular formula is C20H30N4O5S. The monoisotopic (exact) mass is 438 g/mol. The predicted octanol–water partition coefficient (Wildman–Crippen LogP) is 2.43. The number of anilines is 1. The topological polar surface area (TPSA) is 105 Å². The van der Waals surface area contributed by atoms with E-state index in [2.05, 4.69) is 10.2 Å². The zero-order valence-electron chi connectivity index (χ0n) is 17.2. The molecule has 0 aliphatic carbocycles. The van der Waals surface area contributed by atoms with Crippen LogP contribution in [0.3, 0.4) is 0 Å². The van der Waals surface area contributed by atoms with Crippen molar-refractivity contribution in [1.29, 1.82) is 0 Å². The molecule has 1 N–H and O–H groups in total. The second kappa shape index (κ2) is 9.17. The summed E-state index contributed by atoms with van der Waals surface area (Å²) in [6.45, 7) is 4.42. The molecule has 166 valence electrons. The molecular weight excluding hydrogens is 408 g/mol. The Morgan fingerprint density at radius 1 is 1.07 bits per heavy atom. The molecule has 10 heteroatoms. The van der Waals surface area contributed by atoms with Crippen LogP contribution in [-0.2, 0) is 14.8 Å². The first-order chi connectivity index (χ1) is 14.4. The van der Waals surface area contributed by atoms with E-state index in [-0.39, 0.29) is 16.6 Å². The molecule has 4 rings (SSSR count). The van der Waals surface area contributed by atoms with Crippen LogP contribution in [0.25, 0.3) is 0 Å². The van der Waals surface area contributed by atoms with Crippen molar-refractivity contribution in [3.8, 4) is 0 Å². The second-order valence-corrected chi connectivity index (χ2v) is 10.3. The number of likely N-dealkylation sites (tertiary alicyclic amines) is 1. The summed E-state index contributed by atoms with van der Waals surface area (Å²) in [6.07, 6.45) is 5.51. The Morgan fingerprint density at radius 3 is 2.43 bits per heavy atom. The van der Waals surface area contributed by atoms with Crippen molar-refractivity contribution in [3.63, 3.8) is 0 Å². The lowest BCUT2D eigenvalue weighted by molar-refractivity contribution is -0.384. The van der Waals surface area contributed by atoms with Gasteiger partial charge in [0, 0.05) is 50.9 Å². The maximum atomic E-state index is 12.9. The van der Waals surface area contributed by atoms with Gasteiger partial charge in [-0.15, -0.1) is 0 Å². The van der Waals surface area contributed by atoms with Crippen molar-refractivity contribution in [2.75, 3.05) is 44.7 Å². The van der Waals surface area contributed by atoms with Crippen molar-refractivity contribution in [2.24, 2.45) is 0 Å². The number of hydrogen-bond acceptors (Lipinski definition) is 7. The molecule has 0 unspecified atom stereocenters. The molecule has 0 radical (unpaired) electrons. The Morgan fingerprint density at radius 2 is 1.80 bits per heavy atom. The van der Waals surface area contributed by atoms with Crippen molar-refractivity contribution >= 4 is 21.4 Å². The largest absolute Gasteiger partial charge is 0.380 e. The van der Waals surface area contributed by atoms with Crippen molar-refractivity contribution in [1.82, 2.24) is 9.21 Å². The number of piperidine rings is 2. The van der Waals surface area contributed by atoms with Gasteiger partial charge in [-0.2, -0.15) is 4.31 Å². The van der Waals surface area contributed by atoms with Gasteiger partial charge in [0.05, 0.1) is 16.4 Å². The minimum absolute atomic E-state index is 0.00213. The SMILES string of the molecule is O=[N+]([O-])c1cc(S(=O)(=O)N2CCCCC2)ccc1NC1CCN([C@@H]2CCOC2)CC1. The lowest BCUT2D eigenvalue weighted by atomic mass is 10.0. The fourth-order valence-electron chi connectivity index (χ4n) is 4.64. The zero-order chi connectivity index (χ0) is 21.1. The number of ether oxygens (including phenoxy) is 1. The molecule has 0 amide bonds. The summed E-state index contributed by atoms with van der Waals surface area (Å²) in [6, 6.07) is 4.86. The van der Waals surface area contributed by atoms with Gasteiger partial charge in [0.2, 0.25) is 10.0 Å². The molecule has 0 aromatic heterocycles. The van der Waals surface area contributed by atoms with E-state index in [1.54, 1.807) is 6.07 Å². The third kappa shape index (κ3) is 4.61. The Labute approximate surface area is 177 Å². The van der Waals surface area contributed by atoms with Crippen LogP contribution in [0.15, 0.2) is 23.1 Å². The molecule has 0 spiro atoms. The number of nitro groups is 1. The fourth-order valence-corrected chi connectivity index (χ4v) is 6.18. The smallest absolute Gasteiger partial charge is 0.293 e. The third-order valence-corrected chi connectivity index (χ3v) is 8.32. The molecule has 3 saturated heterocycles. The summed E-state index contributed by atoms with van der Waals surface area (Å²) in [5, 5.41) is 15.0. The van der Waals surface area contributed by atoms with Crippen LogP contribution >= 0.6 is 0 Å². The van der Waals surface area contributed by atoms with Crippen LogP contribution in [0.1, 0.15) is 38.5 Å². The normalized spacial score (nSPS) is 24.7. The molecule has 1 atom stereocenters. The lowest BCUT2D eigenvalue weighted by Crippen LogP contribution is -2.44. The Kier molecular flexibility index (Phi) is 6.57. The van der Waals surface area contributed by atoms with E-state index in [0.717, 1.165) is 64.8 Å². The first-order valence-electron chi connectivity index (χ1n) is 10.8. The predicted molar refractivity (Wildman–Crippen MR) is 113 cm³/mol. The first kappa shape index (κ1) is 21.5. The van der Waals surface area contributed by atoms with E-state index in [9.17, 15) is 18.5 Å². The van der Waals surface area contributed by atoms with Crippen LogP contribution in [-0.4, -0.2) is 74.0 Å². The number of nitro benzene ring substituents is 1. The molecule has 0 saturated carbocycles. The molecule has 3 fully saturated rings. The third-order valence-electron chi connectivity index (χ3n) is 6.43. The van der Waals surface area contributed by atoms with Gasteiger partial charge in [0.1, 0.15) is 5.69 Å². The van der Waals surface area contributed by atoms with Crippen molar-refractivity contribution in [2.45, 2.75) is 55.5 Å². The van der Waals surface area contributed by atoms with E-state index < -0.39 is 14.9 Å². The highest BCUT2D eigenvalue weighted by molar-refractivity contribution is 7.89. The van der Waals surface area contributed by atoms with Gasteiger partial charge >= 0.3 is 0 Å². The van der Waals surface area contributed by atoms with Gasteiger partial charge in [-0.3, -0.25) is 15.0 Å². The highest BCUT2D eigenvalue weighted by Gasteiger charge is 2.31. The van der Waals surface area contributed by atoms with E-state index in [0.29, 0.717) is 24.8 Å². The van der Waals surface area contributed by atoms with Gasteiger partial charge in [0.25, 0.3) is 5.69 Å². The molecule has 3 aliphatic rings. The summed E-state index contributed by atoms with van der Waals surface area (Å²) in [5.41, 5.74) is 0.208.